The average Bonchev–Trinajstić information content (AvgIpc) is 1.76. The Morgan fingerprint density at radius 1 is 1.67 bits per heavy atom. The van der Waals surface area contributed by atoms with Crippen molar-refractivity contribution in [2.75, 3.05) is 13.2 Å². The molecule has 6 heavy (non-hydrogen) atoms. The monoisotopic (exact) mass is 91.0 g/mol. The second-order valence-corrected chi connectivity index (χ2v) is 0.882. The van der Waals surface area contributed by atoms with Crippen molar-refractivity contribution in [2.24, 2.45) is 4.99 Å². The maximum Gasteiger partial charge on any atom is 0.169 e. The Balaban J connectivity index is 0.000000250. The van der Waals surface area contributed by atoms with Crippen LogP contribution < -0.4 is 0 Å². The van der Waals surface area contributed by atoms with Gasteiger partial charge in [0.25, 0.3) is 0 Å². The van der Waals surface area contributed by atoms with Gasteiger partial charge in [-0.1, -0.05) is 0 Å². The van der Waals surface area contributed by atoms with Crippen LogP contribution in [-0.4, -0.2) is 19.6 Å². The van der Waals surface area contributed by atoms with Gasteiger partial charge in [0.05, 0.1) is 6.54 Å². The summed E-state index contributed by atoms with van der Waals surface area (Å²) in [6.45, 7) is 1.62. The highest BCUT2D eigenvalue weighted by Gasteiger charge is 1.84. The molecule has 0 spiro atoms. The van der Waals surface area contributed by atoms with E-state index in [0.717, 1.165) is 13.2 Å². The Hall–Kier alpha value is -0.600. The fourth-order valence-electron chi connectivity index (χ4n) is 0.264. The molecule has 0 amide bonds. The lowest BCUT2D eigenvalue weighted by atomic mass is 10.8. The van der Waals surface area contributed by atoms with Crippen LogP contribution in [0.25, 0.3) is 0 Å². The second-order valence-electron chi connectivity index (χ2n) is 0.882. The molecule has 0 aromatic carbocycles. The molecule has 0 bridgehead atoms. The highest BCUT2D eigenvalue weighted by molar-refractivity contribution is 5.47. The van der Waals surface area contributed by atoms with Crippen LogP contribution in [0.4, 0.5) is 4.70 Å². The third-order valence-corrected chi connectivity index (χ3v) is 0.487. The molecule has 0 saturated heterocycles. The second kappa shape index (κ2) is 2.63. The van der Waals surface area contributed by atoms with E-state index in [4.69, 9.17) is 0 Å². The summed E-state index contributed by atoms with van der Waals surface area (Å²) in [6, 6.07) is 0. The predicted octanol–water partition coefficient (Wildman–Crippen LogP) is 0.197. The minimum Gasteiger partial charge on any atom is -0.482 e. The van der Waals surface area contributed by atoms with Gasteiger partial charge in [-0.15, -0.1) is 0 Å². The molecule has 1 aliphatic rings. The molecule has 1 rings (SSSR count). The number of rotatable bonds is 0. The number of hydrogen-bond acceptors (Lipinski definition) is 2. The van der Waals surface area contributed by atoms with Crippen LogP contribution in [0.15, 0.2) is 4.99 Å². The molecule has 0 aliphatic carbocycles. The number of ether oxygens (including phenoxy) is 1. The number of aliphatic imine (C=N–C) groups is 1. The molecule has 0 fully saturated rings. The zero-order valence-electron chi connectivity index (χ0n) is 3.26. The summed E-state index contributed by atoms with van der Waals surface area (Å²) < 4.78 is 4.65. The Morgan fingerprint density at radius 3 is 2.67 bits per heavy atom. The molecule has 0 aromatic heterocycles. The zero-order chi connectivity index (χ0) is 3.54. The number of nitrogens with zero attached hydrogens (tertiary/aromatic N) is 1. The lowest BCUT2D eigenvalue weighted by Crippen LogP contribution is -1.80. The Bertz CT molecular complexity index is 48.8. The standard InChI is InChI=1S/C3H5NO.FH/c1-2-5-3-4-1;/h3H,1-2H2;1H. The third kappa shape index (κ3) is 1.01. The van der Waals surface area contributed by atoms with Crippen molar-refractivity contribution >= 4 is 6.40 Å². The van der Waals surface area contributed by atoms with E-state index < -0.39 is 0 Å². The molecule has 1 aliphatic heterocycles. The van der Waals surface area contributed by atoms with Crippen LogP contribution >= 0.6 is 0 Å². The fourth-order valence-corrected chi connectivity index (χ4v) is 0.264. The van der Waals surface area contributed by atoms with E-state index in [-0.39, 0.29) is 4.70 Å². The molecule has 3 heteroatoms. The molecule has 0 saturated carbocycles. The molecule has 0 N–H and O–H groups in total. The maximum atomic E-state index is 4.65. The summed E-state index contributed by atoms with van der Waals surface area (Å²) in [6.07, 6.45) is 1.49. The maximum absolute atomic E-state index is 4.65. The summed E-state index contributed by atoms with van der Waals surface area (Å²) in [4.78, 5) is 3.74. The van der Waals surface area contributed by atoms with Gasteiger partial charge in [0, 0.05) is 0 Å². The van der Waals surface area contributed by atoms with Crippen molar-refractivity contribution in [1.29, 1.82) is 0 Å². The zero-order valence-corrected chi connectivity index (χ0v) is 3.26. The van der Waals surface area contributed by atoms with Gasteiger partial charge < -0.3 is 4.74 Å². The summed E-state index contributed by atoms with van der Waals surface area (Å²) in [5, 5.41) is 0. The molecule has 0 radical (unpaired) electrons. The Kier molecular flexibility index (Phi) is 2.36. The first-order chi connectivity index (χ1) is 2.50. The van der Waals surface area contributed by atoms with Crippen molar-refractivity contribution in [2.45, 2.75) is 0 Å². The van der Waals surface area contributed by atoms with E-state index in [1.165, 1.54) is 6.40 Å². The fraction of sp³-hybridized carbons (Fsp3) is 0.667. The average molecular weight is 91.1 g/mol. The number of hydrogen-bond donors (Lipinski definition) is 0. The molecular formula is C3H6FNO. The minimum absolute atomic E-state index is 0. The largest absolute Gasteiger partial charge is 0.482 e. The molecule has 0 unspecified atom stereocenters. The van der Waals surface area contributed by atoms with E-state index in [1.807, 2.05) is 0 Å². The van der Waals surface area contributed by atoms with E-state index in [1.54, 1.807) is 0 Å². The molecular weight excluding hydrogens is 85.0 g/mol. The smallest absolute Gasteiger partial charge is 0.169 e. The van der Waals surface area contributed by atoms with Gasteiger partial charge in [0.1, 0.15) is 6.61 Å². The van der Waals surface area contributed by atoms with Crippen molar-refractivity contribution in [1.82, 2.24) is 0 Å². The van der Waals surface area contributed by atoms with Gasteiger partial charge in [0.15, 0.2) is 6.40 Å². The van der Waals surface area contributed by atoms with Gasteiger partial charge in [-0.05, 0) is 0 Å². The normalized spacial score (nSPS) is 16.0. The SMILES string of the molecule is C1=NCCO1.F. The third-order valence-electron chi connectivity index (χ3n) is 0.487. The van der Waals surface area contributed by atoms with Crippen LogP contribution in [0, 0.1) is 0 Å². The van der Waals surface area contributed by atoms with Crippen LogP contribution in [-0.2, 0) is 4.74 Å². The van der Waals surface area contributed by atoms with E-state index >= 15 is 0 Å². The first-order valence-electron chi connectivity index (χ1n) is 1.60. The van der Waals surface area contributed by atoms with Crippen LogP contribution in [0.2, 0.25) is 0 Å². The van der Waals surface area contributed by atoms with Gasteiger partial charge in [-0.3, -0.25) is 9.70 Å². The van der Waals surface area contributed by atoms with Gasteiger partial charge >= 0.3 is 0 Å². The molecule has 1 heterocycles. The van der Waals surface area contributed by atoms with Gasteiger partial charge in [-0.25, -0.2) is 0 Å². The molecule has 36 valence electrons. The highest BCUT2D eigenvalue weighted by atomic mass is 19.0. The van der Waals surface area contributed by atoms with Crippen LogP contribution in [0.1, 0.15) is 0 Å². The van der Waals surface area contributed by atoms with Crippen molar-refractivity contribution < 1.29 is 9.44 Å². The summed E-state index contributed by atoms with van der Waals surface area (Å²) in [5.41, 5.74) is 0. The minimum atomic E-state index is 0. The molecule has 0 atom stereocenters. The lowest BCUT2D eigenvalue weighted by Gasteiger charge is -1.76. The van der Waals surface area contributed by atoms with Gasteiger partial charge in [0.2, 0.25) is 0 Å². The van der Waals surface area contributed by atoms with E-state index in [2.05, 4.69) is 9.73 Å². The van der Waals surface area contributed by atoms with Crippen molar-refractivity contribution in [3.63, 3.8) is 0 Å². The van der Waals surface area contributed by atoms with E-state index in [9.17, 15) is 0 Å². The number of halogens is 1. The van der Waals surface area contributed by atoms with Crippen LogP contribution in [0.5, 0.6) is 0 Å². The van der Waals surface area contributed by atoms with Crippen molar-refractivity contribution in [3.05, 3.63) is 0 Å². The Labute approximate surface area is 35.2 Å². The first-order valence-corrected chi connectivity index (χ1v) is 1.60. The summed E-state index contributed by atoms with van der Waals surface area (Å²) in [5.74, 6) is 0. The summed E-state index contributed by atoms with van der Waals surface area (Å²) in [7, 11) is 0. The summed E-state index contributed by atoms with van der Waals surface area (Å²) >= 11 is 0. The van der Waals surface area contributed by atoms with Crippen LogP contribution in [0.3, 0.4) is 0 Å². The topological polar surface area (TPSA) is 21.6 Å². The Morgan fingerprint density at radius 2 is 2.50 bits per heavy atom. The molecule has 2 nitrogen and oxygen atoms in total. The van der Waals surface area contributed by atoms with E-state index in [0.29, 0.717) is 0 Å². The lowest BCUT2D eigenvalue weighted by molar-refractivity contribution is 0.361. The highest BCUT2D eigenvalue weighted by Crippen LogP contribution is 1.78. The first kappa shape index (κ1) is 5.40. The quantitative estimate of drug-likeness (QED) is 0.417. The molecule has 0 aromatic rings. The predicted molar refractivity (Wildman–Crippen MR) is 21.8 cm³/mol. The van der Waals surface area contributed by atoms with Gasteiger partial charge in [-0.2, -0.15) is 0 Å². The van der Waals surface area contributed by atoms with Crippen molar-refractivity contribution in [3.8, 4) is 0 Å².